The van der Waals surface area contributed by atoms with Crippen molar-refractivity contribution in [3.8, 4) is 6.07 Å². The molecule has 2 aromatic rings. The fourth-order valence-corrected chi connectivity index (χ4v) is 2.22. The van der Waals surface area contributed by atoms with Crippen LogP contribution in [0.3, 0.4) is 0 Å². The molecule has 0 bridgehead atoms. The molecule has 0 radical (unpaired) electrons. The molecule has 3 nitrogen and oxygen atoms in total. The van der Waals surface area contributed by atoms with E-state index in [-0.39, 0.29) is 5.82 Å². The average molecular weight is 268 g/mol. The highest BCUT2D eigenvalue weighted by Gasteiger charge is 2.14. The van der Waals surface area contributed by atoms with Crippen molar-refractivity contribution in [2.24, 2.45) is 0 Å². The molecule has 0 amide bonds. The summed E-state index contributed by atoms with van der Waals surface area (Å²) in [4.78, 5) is 4.01. The average Bonchev–Trinajstić information content (AvgIpc) is 2.73. The van der Waals surface area contributed by atoms with Gasteiger partial charge in [-0.05, 0) is 18.2 Å². The van der Waals surface area contributed by atoms with Gasteiger partial charge >= 0.3 is 0 Å². The monoisotopic (exact) mass is 267 g/mol. The Bertz CT molecular complexity index is 564. The first-order chi connectivity index (χ1) is 8.19. The second-order valence-electron chi connectivity index (χ2n) is 3.22. The summed E-state index contributed by atoms with van der Waals surface area (Å²) in [6.07, 6.45) is 1.49. The van der Waals surface area contributed by atoms with E-state index in [1.54, 1.807) is 12.1 Å². The first-order valence-corrected chi connectivity index (χ1v) is 5.91. The summed E-state index contributed by atoms with van der Waals surface area (Å²) in [5, 5.41) is 12.5. The Morgan fingerprint density at radius 1 is 1.53 bits per heavy atom. The van der Waals surface area contributed by atoms with Crippen LogP contribution in [-0.4, -0.2) is 4.98 Å². The lowest BCUT2D eigenvalue weighted by molar-refractivity contribution is 0.628. The minimum Gasteiger partial charge on any atom is -0.364 e. The maximum Gasteiger partial charge on any atom is 0.167 e. The number of anilines is 1. The molecule has 0 aliphatic carbocycles. The van der Waals surface area contributed by atoms with Gasteiger partial charge in [-0.25, -0.2) is 9.37 Å². The van der Waals surface area contributed by atoms with Crippen LogP contribution in [0.1, 0.15) is 11.0 Å². The topological polar surface area (TPSA) is 48.7 Å². The van der Waals surface area contributed by atoms with Crippen LogP contribution in [0.25, 0.3) is 0 Å². The highest BCUT2D eigenvalue weighted by molar-refractivity contribution is 7.15. The molecule has 1 aromatic carbocycles. The Balaban J connectivity index is 2.19. The summed E-state index contributed by atoms with van der Waals surface area (Å²) in [5.74, 6) is -0.358. The maximum absolute atomic E-state index is 13.0. The van der Waals surface area contributed by atoms with E-state index in [2.05, 4.69) is 16.4 Å². The van der Waals surface area contributed by atoms with E-state index in [1.165, 1.54) is 29.7 Å². The van der Waals surface area contributed by atoms with Crippen LogP contribution in [0, 0.1) is 17.1 Å². The van der Waals surface area contributed by atoms with Crippen LogP contribution < -0.4 is 5.32 Å². The molecule has 86 valence electrons. The van der Waals surface area contributed by atoms with Crippen LogP contribution in [-0.2, 0) is 0 Å². The Kier molecular flexibility index (Phi) is 3.57. The highest BCUT2D eigenvalue weighted by atomic mass is 35.5. The standard InChI is InChI=1S/C11H7ClFN3S/c12-10-6-15-11(17-10)9(5-14)16-8-3-1-2-7(13)4-8/h1-4,6,9,16H. The second kappa shape index (κ2) is 5.13. The van der Waals surface area contributed by atoms with E-state index < -0.39 is 6.04 Å². The van der Waals surface area contributed by atoms with Crippen molar-refractivity contribution in [2.75, 3.05) is 5.32 Å². The van der Waals surface area contributed by atoms with Crippen LogP contribution >= 0.6 is 22.9 Å². The number of nitrogens with zero attached hydrogens (tertiary/aromatic N) is 2. The SMILES string of the molecule is N#CC(Nc1cccc(F)c1)c1ncc(Cl)s1. The van der Waals surface area contributed by atoms with E-state index in [0.29, 0.717) is 15.0 Å². The van der Waals surface area contributed by atoms with E-state index in [4.69, 9.17) is 16.9 Å². The van der Waals surface area contributed by atoms with E-state index in [1.807, 2.05) is 0 Å². The molecule has 17 heavy (non-hydrogen) atoms. The third-order valence-corrected chi connectivity index (χ3v) is 3.19. The molecule has 0 aliphatic heterocycles. The third-order valence-electron chi connectivity index (χ3n) is 2.01. The van der Waals surface area contributed by atoms with Gasteiger partial charge in [0.25, 0.3) is 0 Å². The number of thiazole rings is 1. The number of hydrogen-bond acceptors (Lipinski definition) is 4. The van der Waals surface area contributed by atoms with Gasteiger partial charge in [-0.1, -0.05) is 17.7 Å². The van der Waals surface area contributed by atoms with Crippen molar-refractivity contribution < 1.29 is 4.39 Å². The summed E-state index contributed by atoms with van der Waals surface area (Å²) in [7, 11) is 0. The lowest BCUT2D eigenvalue weighted by Crippen LogP contribution is -2.08. The van der Waals surface area contributed by atoms with Gasteiger partial charge in [-0.3, -0.25) is 0 Å². The largest absolute Gasteiger partial charge is 0.364 e. The zero-order chi connectivity index (χ0) is 12.3. The number of hydrogen-bond donors (Lipinski definition) is 1. The molecule has 1 N–H and O–H groups in total. The summed E-state index contributed by atoms with van der Waals surface area (Å²) in [6.45, 7) is 0. The molecule has 6 heteroatoms. The molecule has 0 saturated heterocycles. The van der Waals surface area contributed by atoms with Crippen molar-refractivity contribution in [1.82, 2.24) is 4.98 Å². The van der Waals surface area contributed by atoms with Gasteiger partial charge in [0.2, 0.25) is 0 Å². The molecule has 1 heterocycles. The molecule has 0 saturated carbocycles. The number of halogens is 2. The van der Waals surface area contributed by atoms with Crippen molar-refractivity contribution in [3.63, 3.8) is 0 Å². The van der Waals surface area contributed by atoms with Gasteiger partial charge in [0.1, 0.15) is 15.2 Å². The first kappa shape index (κ1) is 11.8. The third kappa shape index (κ3) is 2.93. The number of benzene rings is 1. The molecule has 0 spiro atoms. The normalized spacial score (nSPS) is 11.8. The number of nitriles is 1. The fourth-order valence-electron chi connectivity index (χ4n) is 1.29. The van der Waals surface area contributed by atoms with Gasteiger partial charge in [0.15, 0.2) is 6.04 Å². The van der Waals surface area contributed by atoms with E-state index in [0.717, 1.165) is 0 Å². The summed E-state index contributed by atoms with van der Waals surface area (Å²) in [6, 6.07) is 7.34. The number of nitrogens with one attached hydrogen (secondary N) is 1. The molecule has 0 aliphatic rings. The Morgan fingerprint density at radius 2 is 2.35 bits per heavy atom. The van der Waals surface area contributed by atoms with Crippen molar-refractivity contribution in [1.29, 1.82) is 5.26 Å². The zero-order valence-electron chi connectivity index (χ0n) is 8.52. The molecule has 1 unspecified atom stereocenters. The molecular weight excluding hydrogens is 261 g/mol. The summed E-state index contributed by atoms with van der Waals surface area (Å²) < 4.78 is 13.5. The van der Waals surface area contributed by atoms with Gasteiger partial charge in [0, 0.05) is 5.69 Å². The predicted octanol–water partition coefficient (Wildman–Crippen LogP) is 3.61. The minimum atomic E-state index is -0.630. The van der Waals surface area contributed by atoms with Crippen molar-refractivity contribution in [2.45, 2.75) is 6.04 Å². The maximum atomic E-state index is 13.0. The van der Waals surface area contributed by atoms with Crippen LogP contribution in [0.4, 0.5) is 10.1 Å². The smallest absolute Gasteiger partial charge is 0.167 e. The van der Waals surface area contributed by atoms with Crippen LogP contribution in [0.2, 0.25) is 4.34 Å². The Morgan fingerprint density at radius 3 is 2.94 bits per heavy atom. The van der Waals surface area contributed by atoms with Crippen LogP contribution in [0.15, 0.2) is 30.5 Å². The number of rotatable bonds is 3. The quantitative estimate of drug-likeness (QED) is 0.924. The van der Waals surface area contributed by atoms with Gasteiger partial charge in [-0.2, -0.15) is 5.26 Å². The minimum absolute atomic E-state index is 0.358. The van der Waals surface area contributed by atoms with Crippen LogP contribution in [0.5, 0.6) is 0 Å². The van der Waals surface area contributed by atoms with Crippen molar-refractivity contribution in [3.05, 3.63) is 45.6 Å². The molecule has 2 rings (SSSR count). The molecule has 0 fully saturated rings. The lowest BCUT2D eigenvalue weighted by Gasteiger charge is -2.09. The summed E-state index contributed by atoms with van der Waals surface area (Å²) in [5.41, 5.74) is 0.530. The second-order valence-corrected chi connectivity index (χ2v) is 4.91. The van der Waals surface area contributed by atoms with Gasteiger partial charge in [-0.15, -0.1) is 11.3 Å². The first-order valence-electron chi connectivity index (χ1n) is 4.72. The predicted molar refractivity (Wildman–Crippen MR) is 65.5 cm³/mol. The van der Waals surface area contributed by atoms with E-state index in [9.17, 15) is 4.39 Å². The Labute approximate surface area is 106 Å². The molecular formula is C11H7ClFN3S. The fraction of sp³-hybridized carbons (Fsp3) is 0.0909. The van der Waals surface area contributed by atoms with E-state index >= 15 is 0 Å². The van der Waals surface area contributed by atoms with Crippen molar-refractivity contribution >= 4 is 28.6 Å². The molecule has 1 atom stereocenters. The number of aromatic nitrogens is 1. The summed E-state index contributed by atoms with van der Waals surface area (Å²) >= 11 is 6.97. The van der Waals surface area contributed by atoms with Gasteiger partial charge in [0.05, 0.1) is 12.3 Å². The van der Waals surface area contributed by atoms with Gasteiger partial charge < -0.3 is 5.32 Å². The highest BCUT2D eigenvalue weighted by Crippen LogP contribution is 2.26. The molecule has 1 aromatic heterocycles. The zero-order valence-corrected chi connectivity index (χ0v) is 10.1. The lowest BCUT2D eigenvalue weighted by atomic mass is 10.2. The Hall–Kier alpha value is -1.64.